The van der Waals surface area contributed by atoms with Crippen molar-refractivity contribution < 1.29 is 8.42 Å². The summed E-state index contributed by atoms with van der Waals surface area (Å²) in [6.07, 6.45) is 11.6. The summed E-state index contributed by atoms with van der Waals surface area (Å²) in [6, 6.07) is 8.22. The van der Waals surface area contributed by atoms with Crippen LogP contribution in [0.4, 0.5) is 0 Å². The summed E-state index contributed by atoms with van der Waals surface area (Å²) in [7, 11) is -2.87. The molecule has 2 aromatic heterocycles. The molecule has 28 heavy (non-hydrogen) atoms. The van der Waals surface area contributed by atoms with Crippen molar-refractivity contribution >= 4 is 31.8 Å². The first-order valence-electron chi connectivity index (χ1n) is 10.4. The van der Waals surface area contributed by atoms with Crippen LogP contribution in [-0.2, 0) is 22.8 Å². The molecule has 0 aliphatic heterocycles. The van der Waals surface area contributed by atoms with E-state index in [9.17, 15) is 8.42 Å². The largest absolute Gasteiger partial charge is 0.327 e. The Morgan fingerprint density at radius 2 is 1.75 bits per heavy atom. The van der Waals surface area contributed by atoms with Crippen molar-refractivity contribution in [2.24, 2.45) is 0 Å². The van der Waals surface area contributed by atoms with Gasteiger partial charge in [-0.3, -0.25) is 4.98 Å². The van der Waals surface area contributed by atoms with Gasteiger partial charge in [0.2, 0.25) is 0 Å². The summed E-state index contributed by atoms with van der Waals surface area (Å²) in [5.74, 6) is 1.40. The van der Waals surface area contributed by atoms with Gasteiger partial charge in [0, 0.05) is 30.4 Å². The Morgan fingerprint density at radius 1 is 0.964 bits per heavy atom. The summed E-state index contributed by atoms with van der Waals surface area (Å²) in [5, 5.41) is 1.14. The van der Waals surface area contributed by atoms with Crippen molar-refractivity contribution in [3.8, 4) is 0 Å². The lowest BCUT2D eigenvalue weighted by Crippen LogP contribution is -2.06. The van der Waals surface area contributed by atoms with E-state index in [1.165, 1.54) is 31.0 Å². The Hall–Kier alpha value is -1.95. The number of aryl methyl sites for hydroxylation is 2. The van der Waals surface area contributed by atoms with Gasteiger partial charge in [0.1, 0.15) is 21.2 Å². The minimum Gasteiger partial charge on any atom is -0.327 e. The number of benzene rings is 1. The van der Waals surface area contributed by atoms with Crippen molar-refractivity contribution in [1.29, 1.82) is 0 Å². The van der Waals surface area contributed by atoms with Crippen LogP contribution in [0.25, 0.3) is 21.9 Å². The van der Waals surface area contributed by atoms with Crippen LogP contribution >= 0.6 is 0 Å². The number of hydrogen-bond donors (Lipinski definition) is 0. The van der Waals surface area contributed by atoms with Crippen molar-refractivity contribution in [2.75, 3.05) is 12.0 Å². The lowest BCUT2D eigenvalue weighted by Gasteiger charge is -2.11. The molecule has 0 aliphatic carbocycles. The van der Waals surface area contributed by atoms with Crippen LogP contribution in [0.1, 0.15) is 57.7 Å². The van der Waals surface area contributed by atoms with Crippen LogP contribution < -0.4 is 0 Å². The van der Waals surface area contributed by atoms with E-state index in [0.29, 0.717) is 0 Å². The number of rotatable bonds is 11. The molecule has 0 radical (unpaired) electrons. The maximum atomic E-state index is 11.3. The van der Waals surface area contributed by atoms with Gasteiger partial charge in [-0.15, -0.1) is 0 Å². The molecule has 0 aliphatic rings. The van der Waals surface area contributed by atoms with Crippen molar-refractivity contribution in [3.05, 3.63) is 36.3 Å². The van der Waals surface area contributed by atoms with E-state index in [1.54, 1.807) is 0 Å². The molecule has 1 aromatic carbocycles. The molecule has 0 amide bonds. The number of sulfone groups is 1. The first kappa shape index (κ1) is 20.8. The van der Waals surface area contributed by atoms with Gasteiger partial charge in [0.05, 0.1) is 17.2 Å². The smallest absolute Gasteiger partial charge is 0.147 e. The van der Waals surface area contributed by atoms with E-state index in [0.717, 1.165) is 60.9 Å². The average molecular weight is 402 g/mol. The second kappa shape index (κ2) is 9.50. The lowest BCUT2D eigenvalue weighted by molar-refractivity contribution is 0.567. The van der Waals surface area contributed by atoms with Crippen molar-refractivity contribution in [1.82, 2.24) is 14.5 Å². The summed E-state index contributed by atoms with van der Waals surface area (Å²) >= 11 is 0. The second-order valence-corrected chi connectivity index (χ2v) is 9.95. The van der Waals surface area contributed by atoms with Crippen LogP contribution in [0, 0.1) is 0 Å². The molecular weight excluding hydrogens is 370 g/mol. The molecule has 6 heteroatoms. The Labute approximate surface area is 168 Å². The first-order valence-corrected chi connectivity index (χ1v) is 12.5. The van der Waals surface area contributed by atoms with Gasteiger partial charge >= 0.3 is 0 Å². The maximum Gasteiger partial charge on any atom is 0.147 e. The van der Waals surface area contributed by atoms with E-state index < -0.39 is 9.84 Å². The van der Waals surface area contributed by atoms with E-state index in [2.05, 4.69) is 22.5 Å². The average Bonchev–Trinajstić information content (AvgIpc) is 3.02. The third-order valence-electron chi connectivity index (χ3n) is 5.21. The number of unbranched alkanes of at least 4 members (excludes halogenated alkanes) is 5. The minimum absolute atomic E-state index is 0.272. The third-order valence-corrected chi connectivity index (χ3v) is 6.24. The van der Waals surface area contributed by atoms with Crippen molar-refractivity contribution in [3.63, 3.8) is 0 Å². The fraction of sp³-hybridized carbons (Fsp3) is 0.545. The molecule has 0 spiro atoms. The molecule has 0 unspecified atom stereocenters. The summed E-state index contributed by atoms with van der Waals surface area (Å²) in [6.45, 7) is 3.10. The monoisotopic (exact) mass is 401 g/mol. The molecule has 152 valence electrons. The van der Waals surface area contributed by atoms with Gasteiger partial charge in [-0.05, 0) is 25.3 Å². The molecule has 3 aromatic rings. The Balaban J connectivity index is 1.83. The Morgan fingerprint density at radius 3 is 2.54 bits per heavy atom. The molecule has 5 nitrogen and oxygen atoms in total. The highest BCUT2D eigenvalue weighted by Crippen LogP contribution is 2.26. The normalized spacial score (nSPS) is 12.2. The topological polar surface area (TPSA) is 64.8 Å². The molecule has 0 bridgehead atoms. The zero-order valence-corrected chi connectivity index (χ0v) is 17.8. The number of imidazole rings is 1. The fourth-order valence-electron chi connectivity index (χ4n) is 3.76. The highest BCUT2D eigenvalue weighted by molar-refractivity contribution is 7.90. The standard InChI is InChI=1S/C22H31N3O2S/c1-3-4-5-7-14-21-24-20-17-23-19-13-9-8-12-18(19)22(20)25(21)15-10-6-11-16-28(2,26)27/h8-9,12-13,17H,3-7,10-11,14-16H2,1-2H3. The van der Waals surface area contributed by atoms with Gasteiger partial charge in [0.15, 0.2) is 0 Å². The number of hydrogen-bond acceptors (Lipinski definition) is 4. The highest BCUT2D eigenvalue weighted by Gasteiger charge is 2.14. The molecule has 0 saturated heterocycles. The Kier molecular flexibility index (Phi) is 7.05. The maximum absolute atomic E-state index is 11.3. The third kappa shape index (κ3) is 5.31. The van der Waals surface area contributed by atoms with Gasteiger partial charge < -0.3 is 4.57 Å². The van der Waals surface area contributed by atoms with Gasteiger partial charge in [-0.2, -0.15) is 0 Å². The van der Waals surface area contributed by atoms with E-state index >= 15 is 0 Å². The SMILES string of the molecule is CCCCCCc1nc2cnc3ccccc3c2n1CCCCCS(C)(=O)=O. The zero-order valence-electron chi connectivity index (χ0n) is 17.0. The van der Waals surface area contributed by atoms with Crippen LogP contribution in [0.15, 0.2) is 30.5 Å². The molecular formula is C22H31N3O2S. The molecule has 0 fully saturated rings. The summed E-state index contributed by atoms with van der Waals surface area (Å²) in [5.41, 5.74) is 3.12. The van der Waals surface area contributed by atoms with Gasteiger partial charge in [-0.25, -0.2) is 13.4 Å². The molecule has 0 saturated carbocycles. The highest BCUT2D eigenvalue weighted by atomic mass is 32.2. The molecule has 0 atom stereocenters. The van der Waals surface area contributed by atoms with E-state index in [4.69, 9.17) is 4.98 Å². The van der Waals surface area contributed by atoms with Gasteiger partial charge in [0.25, 0.3) is 0 Å². The van der Waals surface area contributed by atoms with Gasteiger partial charge in [-0.1, -0.05) is 50.8 Å². The van der Waals surface area contributed by atoms with Crippen LogP contribution in [0.2, 0.25) is 0 Å². The quantitative estimate of drug-likeness (QED) is 0.428. The number of nitrogens with zero attached hydrogens (tertiary/aromatic N) is 3. The fourth-order valence-corrected chi connectivity index (χ4v) is 4.49. The van der Waals surface area contributed by atoms with Crippen LogP contribution in [0.5, 0.6) is 0 Å². The second-order valence-electron chi connectivity index (χ2n) is 7.69. The van der Waals surface area contributed by atoms with Crippen LogP contribution in [0.3, 0.4) is 0 Å². The Bertz CT molecular complexity index is 1020. The molecule has 0 N–H and O–H groups in total. The first-order chi connectivity index (χ1) is 13.5. The van der Waals surface area contributed by atoms with E-state index in [1.807, 2.05) is 24.4 Å². The predicted octanol–water partition coefficient (Wildman–Crippen LogP) is 4.92. The molecule has 3 rings (SSSR count). The van der Waals surface area contributed by atoms with Crippen LogP contribution in [-0.4, -0.2) is 35.0 Å². The summed E-state index contributed by atoms with van der Waals surface area (Å²) in [4.78, 5) is 9.47. The number of para-hydroxylation sites is 1. The van der Waals surface area contributed by atoms with E-state index in [-0.39, 0.29) is 5.75 Å². The lowest BCUT2D eigenvalue weighted by atomic mass is 10.1. The zero-order chi connectivity index (χ0) is 20.0. The number of pyridine rings is 1. The summed E-state index contributed by atoms with van der Waals surface area (Å²) < 4.78 is 25.0. The number of aromatic nitrogens is 3. The van der Waals surface area contributed by atoms with Crippen molar-refractivity contribution in [2.45, 2.75) is 64.8 Å². The minimum atomic E-state index is -2.87. The molecule has 2 heterocycles. The predicted molar refractivity (Wildman–Crippen MR) is 116 cm³/mol. The number of fused-ring (bicyclic) bond motifs is 3.